The highest BCUT2D eigenvalue weighted by Gasteiger charge is 2.22. The van der Waals surface area contributed by atoms with Crippen LogP contribution >= 0.6 is 0 Å². The van der Waals surface area contributed by atoms with Gasteiger partial charge in [-0.3, -0.25) is 4.79 Å². The molecule has 0 saturated carbocycles. The summed E-state index contributed by atoms with van der Waals surface area (Å²) in [5.41, 5.74) is 3.18. The number of allylic oxidation sites excluding steroid dienone is 2. The van der Waals surface area contributed by atoms with E-state index >= 15 is 0 Å². The molecular weight excluding hydrogens is 314 g/mol. The Morgan fingerprint density at radius 1 is 1.04 bits per heavy atom. The van der Waals surface area contributed by atoms with Crippen molar-refractivity contribution in [3.8, 4) is 11.5 Å². The Morgan fingerprint density at radius 3 is 2.68 bits per heavy atom. The number of para-hydroxylation sites is 1. The van der Waals surface area contributed by atoms with Gasteiger partial charge in [0.1, 0.15) is 11.5 Å². The number of carbonyl (C=O) groups excluding carboxylic acids is 1. The van der Waals surface area contributed by atoms with Crippen LogP contribution in [0.2, 0.25) is 0 Å². The smallest absolute Gasteiger partial charge is 0.158 e. The molecule has 0 bridgehead atoms. The highest BCUT2D eigenvalue weighted by molar-refractivity contribution is 5.92. The van der Waals surface area contributed by atoms with Crippen molar-refractivity contribution in [1.29, 1.82) is 0 Å². The summed E-state index contributed by atoms with van der Waals surface area (Å²) in [5, 5.41) is 3.40. The lowest BCUT2D eigenvalue weighted by atomic mass is 9.85. The van der Waals surface area contributed by atoms with Gasteiger partial charge in [-0.25, -0.2) is 0 Å². The van der Waals surface area contributed by atoms with Crippen molar-refractivity contribution in [2.45, 2.75) is 25.3 Å². The second kappa shape index (κ2) is 7.88. The van der Waals surface area contributed by atoms with Crippen LogP contribution in [0.3, 0.4) is 0 Å². The number of hydrogen-bond donors (Lipinski definition) is 1. The maximum atomic E-state index is 12.2. The molecule has 3 rings (SSSR count). The lowest BCUT2D eigenvalue weighted by Crippen LogP contribution is -2.22. The van der Waals surface area contributed by atoms with Crippen LogP contribution in [-0.4, -0.2) is 20.0 Å². The summed E-state index contributed by atoms with van der Waals surface area (Å²) >= 11 is 0. The van der Waals surface area contributed by atoms with E-state index in [2.05, 4.69) is 11.4 Å². The van der Waals surface area contributed by atoms with E-state index in [4.69, 9.17) is 9.47 Å². The van der Waals surface area contributed by atoms with Crippen LogP contribution < -0.4 is 14.8 Å². The molecule has 1 atom stereocenters. The first-order chi connectivity index (χ1) is 12.2. The van der Waals surface area contributed by atoms with E-state index in [0.29, 0.717) is 13.0 Å². The van der Waals surface area contributed by atoms with E-state index in [9.17, 15) is 4.79 Å². The molecule has 4 heteroatoms. The van der Waals surface area contributed by atoms with Gasteiger partial charge in [0.25, 0.3) is 0 Å². The topological polar surface area (TPSA) is 47.6 Å². The minimum atomic E-state index is 0.154. The Balaban J connectivity index is 1.71. The van der Waals surface area contributed by atoms with Crippen molar-refractivity contribution in [3.63, 3.8) is 0 Å². The molecule has 1 unspecified atom stereocenters. The van der Waals surface area contributed by atoms with Gasteiger partial charge in [-0.1, -0.05) is 30.3 Å². The van der Waals surface area contributed by atoms with Gasteiger partial charge >= 0.3 is 0 Å². The van der Waals surface area contributed by atoms with E-state index in [0.717, 1.165) is 34.7 Å². The Kier molecular flexibility index (Phi) is 5.39. The molecule has 4 nitrogen and oxygen atoms in total. The molecule has 1 aliphatic carbocycles. The third-order valence-electron chi connectivity index (χ3n) is 4.51. The van der Waals surface area contributed by atoms with Crippen LogP contribution in [0, 0.1) is 0 Å². The highest BCUT2D eigenvalue weighted by Crippen LogP contribution is 2.32. The first-order valence-corrected chi connectivity index (χ1v) is 8.42. The zero-order valence-electron chi connectivity index (χ0n) is 14.6. The number of carbonyl (C=O) groups is 1. The summed E-state index contributed by atoms with van der Waals surface area (Å²) < 4.78 is 10.7. The predicted molar refractivity (Wildman–Crippen MR) is 97.9 cm³/mol. The second-order valence-corrected chi connectivity index (χ2v) is 6.18. The molecule has 2 aromatic carbocycles. The van der Waals surface area contributed by atoms with Gasteiger partial charge in [-0.05, 0) is 36.1 Å². The summed E-state index contributed by atoms with van der Waals surface area (Å²) in [7, 11) is 3.33. The molecule has 25 heavy (non-hydrogen) atoms. The van der Waals surface area contributed by atoms with Crippen LogP contribution in [0.25, 0.3) is 0 Å². The lowest BCUT2D eigenvalue weighted by Gasteiger charge is -2.24. The fraction of sp³-hybridized carbons (Fsp3) is 0.286. The first-order valence-electron chi connectivity index (χ1n) is 8.42. The van der Waals surface area contributed by atoms with E-state index < -0.39 is 0 Å². The number of methoxy groups -OCH3 is 2. The molecule has 1 aliphatic rings. The fourth-order valence-corrected chi connectivity index (χ4v) is 3.20. The first kappa shape index (κ1) is 17.1. The molecule has 0 aromatic heterocycles. The molecule has 0 spiro atoms. The summed E-state index contributed by atoms with van der Waals surface area (Å²) in [5.74, 6) is 2.00. The van der Waals surface area contributed by atoms with Crippen LogP contribution in [0.15, 0.2) is 60.3 Å². The van der Waals surface area contributed by atoms with Crippen molar-refractivity contribution < 1.29 is 14.3 Å². The third kappa shape index (κ3) is 4.21. The normalized spacial score (nSPS) is 17.0. The molecule has 1 N–H and O–H groups in total. The van der Waals surface area contributed by atoms with Gasteiger partial charge in [0.05, 0.1) is 14.2 Å². The molecule has 0 heterocycles. The van der Waals surface area contributed by atoms with Gasteiger partial charge in [-0.2, -0.15) is 0 Å². The monoisotopic (exact) mass is 337 g/mol. The second-order valence-electron chi connectivity index (χ2n) is 6.18. The number of hydrogen-bond acceptors (Lipinski definition) is 4. The number of ketones is 1. The molecule has 0 fully saturated rings. The zero-order chi connectivity index (χ0) is 17.6. The Morgan fingerprint density at radius 2 is 1.88 bits per heavy atom. The minimum absolute atomic E-state index is 0.154. The zero-order valence-corrected chi connectivity index (χ0v) is 14.6. The molecule has 0 amide bonds. The summed E-state index contributed by atoms with van der Waals surface area (Å²) in [4.78, 5) is 12.2. The Hall–Kier alpha value is -2.75. The molecule has 0 radical (unpaired) electrons. The van der Waals surface area contributed by atoms with Crippen molar-refractivity contribution >= 4 is 5.78 Å². The number of rotatable bonds is 6. The van der Waals surface area contributed by atoms with E-state index in [-0.39, 0.29) is 11.7 Å². The average Bonchev–Trinajstić information content (AvgIpc) is 2.66. The number of benzene rings is 2. The van der Waals surface area contributed by atoms with Crippen molar-refractivity contribution in [1.82, 2.24) is 5.32 Å². The average molecular weight is 337 g/mol. The maximum absolute atomic E-state index is 12.2. The van der Waals surface area contributed by atoms with Crippen molar-refractivity contribution in [3.05, 3.63) is 71.4 Å². The van der Waals surface area contributed by atoms with Crippen LogP contribution in [-0.2, 0) is 11.3 Å². The molecule has 0 aliphatic heterocycles. The van der Waals surface area contributed by atoms with E-state index in [1.807, 2.05) is 42.5 Å². The molecule has 2 aromatic rings. The molecular formula is C21H23NO3. The quantitative estimate of drug-likeness (QED) is 0.870. The Labute approximate surface area is 148 Å². The number of ether oxygens (including phenoxy) is 2. The van der Waals surface area contributed by atoms with Gasteiger partial charge < -0.3 is 14.8 Å². The van der Waals surface area contributed by atoms with Crippen molar-refractivity contribution in [2.24, 2.45) is 0 Å². The van der Waals surface area contributed by atoms with Gasteiger partial charge in [0.2, 0.25) is 0 Å². The summed E-state index contributed by atoms with van der Waals surface area (Å²) in [6.07, 6.45) is 3.08. The van der Waals surface area contributed by atoms with Crippen molar-refractivity contribution in [2.75, 3.05) is 14.2 Å². The van der Waals surface area contributed by atoms with Gasteiger partial charge in [0, 0.05) is 30.3 Å². The number of nitrogens with one attached hydrogen (secondary N) is 1. The summed E-state index contributed by atoms with van der Waals surface area (Å²) in [6, 6.07) is 15.9. The van der Waals surface area contributed by atoms with Crippen LogP contribution in [0.1, 0.15) is 29.9 Å². The summed E-state index contributed by atoms with van der Waals surface area (Å²) in [6.45, 7) is 0.633. The van der Waals surface area contributed by atoms with Gasteiger partial charge in [0.15, 0.2) is 5.78 Å². The Bertz CT molecular complexity index is 782. The maximum Gasteiger partial charge on any atom is 0.158 e. The van der Waals surface area contributed by atoms with Gasteiger partial charge in [-0.15, -0.1) is 0 Å². The predicted octanol–water partition coefficient (Wildman–Crippen LogP) is 3.82. The van der Waals surface area contributed by atoms with E-state index in [1.165, 1.54) is 0 Å². The minimum Gasteiger partial charge on any atom is -0.497 e. The standard InChI is InChI=1S/C21H23NO3/c1-24-20-8-5-7-15(12-20)17-10-18(13-19(23)11-17)22-14-16-6-3-4-9-21(16)25-2/h3-9,12-13,17,22H,10-11,14H2,1-2H3. The highest BCUT2D eigenvalue weighted by atomic mass is 16.5. The molecule has 130 valence electrons. The van der Waals surface area contributed by atoms with E-state index in [1.54, 1.807) is 20.3 Å². The molecule has 0 saturated heterocycles. The largest absolute Gasteiger partial charge is 0.497 e. The van der Waals surface area contributed by atoms with Crippen LogP contribution in [0.5, 0.6) is 11.5 Å². The third-order valence-corrected chi connectivity index (χ3v) is 4.51. The lowest BCUT2D eigenvalue weighted by molar-refractivity contribution is -0.115. The van der Waals surface area contributed by atoms with Crippen LogP contribution in [0.4, 0.5) is 0 Å². The SMILES string of the molecule is COc1cccc(C2CC(=O)C=C(NCc3ccccc3OC)C2)c1. The fourth-order valence-electron chi connectivity index (χ4n) is 3.20.